The molecule has 0 aliphatic carbocycles. The van der Waals surface area contributed by atoms with Crippen molar-refractivity contribution in [3.8, 4) is 5.75 Å². The quantitative estimate of drug-likeness (QED) is 0.451. The maximum Gasteiger partial charge on any atom is 0.196 e. The first-order valence-corrected chi connectivity index (χ1v) is 10.2. The molecule has 2 unspecified atom stereocenters. The van der Waals surface area contributed by atoms with E-state index in [-0.39, 0.29) is 6.29 Å². The van der Waals surface area contributed by atoms with Gasteiger partial charge in [-0.05, 0) is 60.3 Å². The van der Waals surface area contributed by atoms with Gasteiger partial charge < -0.3 is 9.47 Å². The Balaban J connectivity index is 1.86. The first-order chi connectivity index (χ1) is 12.7. The average molecular weight is 369 g/mol. The fraction of sp³-hybridized carbons (Fsp3) is 0.520. The molecule has 27 heavy (non-hydrogen) atoms. The summed E-state index contributed by atoms with van der Waals surface area (Å²) in [6.45, 7) is 14.2. The highest BCUT2D eigenvalue weighted by atomic mass is 16.7. The summed E-state index contributed by atoms with van der Waals surface area (Å²) in [4.78, 5) is 0. The van der Waals surface area contributed by atoms with Crippen molar-refractivity contribution in [3.63, 3.8) is 0 Å². The van der Waals surface area contributed by atoms with Gasteiger partial charge in [-0.3, -0.25) is 0 Å². The van der Waals surface area contributed by atoms with Crippen LogP contribution in [0.1, 0.15) is 65.0 Å². The van der Waals surface area contributed by atoms with Gasteiger partial charge >= 0.3 is 0 Å². The van der Waals surface area contributed by atoms with Crippen molar-refractivity contribution in [2.45, 2.75) is 66.6 Å². The van der Waals surface area contributed by atoms with E-state index in [0.29, 0.717) is 23.9 Å². The van der Waals surface area contributed by atoms with Gasteiger partial charge in [-0.25, -0.2) is 0 Å². The van der Waals surface area contributed by atoms with Gasteiger partial charge in [-0.15, -0.1) is 0 Å². The van der Waals surface area contributed by atoms with Crippen LogP contribution < -0.4 is 4.74 Å². The van der Waals surface area contributed by atoms with Crippen molar-refractivity contribution in [1.29, 1.82) is 0 Å². The van der Waals surface area contributed by atoms with Crippen LogP contribution in [0.5, 0.6) is 5.75 Å². The van der Waals surface area contributed by atoms with Gasteiger partial charge in [0.15, 0.2) is 6.29 Å². The van der Waals surface area contributed by atoms with E-state index < -0.39 is 0 Å². The van der Waals surface area contributed by atoms with Crippen LogP contribution in [0.25, 0.3) is 0 Å². The molecule has 0 spiro atoms. The molecule has 2 nitrogen and oxygen atoms in total. The molecule has 0 saturated carbocycles. The summed E-state index contributed by atoms with van der Waals surface area (Å²) in [6, 6.07) is 19.0. The lowest BCUT2D eigenvalue weighted by Crippen LogP contribution is -2.18. The van der Waals surface area contributed by atoms with Crippen molar-refractivity contribution in [2.24, 2.45) is 11.3 Å². The molecule has 0 aliphatic rings. The molecular weight excluding hydrogens is 332 g/mol. The van der Waals surface area contributed by atoms with Crippen LogP contribution in [0.2, 0.25) is 0 Å². The largest absolute Gasteiger partial charge is 0.465 e. The minimum atomic E-state index is -0.255. The highest BCUT2D eigenvalue weighted by Gasteiger charge is 2.23. The maximum atomic E-state index is 5.93. The van der Waals surface area contributed by atoms with Gasteiger partial charge in [0, 0.05) is 0 Å². The van der Waals surface area contributed by atoms with Crippen LogP contribution in [0.4, 0.5) is 0 Å². The molecule has 0 radical (unpaired) electrons. The monoisotopic (exact) mass is 368 g/mol. The fourth-order valence-corrected chi connectivity index (χ4v) is 3.40. The molecule has 2 aromatic rings. The fourth-order valence-electron chi connectivity index (χ4n) is 3.40. The third kappa shape index (κ3) is 7.76. The summed E-state index contributed by atoms with van der Waals surface area (Å²) in [5.74, 6) is 2.05. The van der Waals surface area contributed by atoms with E-state index in [2.05, 4.69) is 83.1 Å². The Labute approximate surface area is 165 Å². The lowest BCUT2D eigenvalue weighted by atomic mass is 9.76. The van der Waals surface area contributed by atoms with E-state index in [4.69, 9.17) is 9.47 Å². The zero-order valence-electron chi connectivity index (χ0n) is 17.9. The average Bonchev–Trinajstić information content (AvgIpc) is 2.60. The molecule has 2 aromatic carbocycles. The predicted octanol–water partition coefficient (Wildman–Crippen LogP) is 6.85. The lowest BCUT2D eigenvalue weighted by Gasteiger charge is -2.29. The molecule has 0 saturated heterocycles. The molecule has 0 heterocycles. The third-order valence-electron chi connectivity index (χ3n) is 4.83. The zero-order chi connectivity index (χ0) is 19.9. The van der Waals surface area contributed by atoms with Crippen LogP contribution >= 0.6 is 0 Å². The van der Waals surface area contributed by atoms with Gasteiger partial charge in [0.1, 0.15) is 5.75 Å². The number of hydrogen-bond donors (Lipinski definition) is 0. The van der Waals surface area contributed by atoms with E-state index >= 15 is 0 Å². The Morgan fingerprint density at radius 1 is 0.852 bits per heavy atom. The predicted molar refractivity (Wildman–Crippen MR) is 114 cm³/mol. The Morgan fingerprint density at radius 2 is 1.48 bits per heavy atom. The van der Waals surface area contributed by atoms with Crippen LogP contribution in [0.15, 0.2) is 54.6 Å². The topological polar surface area (TPSA) is 18.5 Å². The smallest absolute Gasteiger partial charge is 0.196 e. The van der Waals surface area contributed by atoms with Gasteiger partial charge in [-0.1, -0.05) is 77.1 Å². The first-order valence-electron chi connectivity index (χ1n) is 10.2. The van der Waals surface area contributed by atoms with Gasteiger partial charge in [0.05, 0.1) is 6.61 Å². The van der Waals surface area contributed by atoms with Crippen molar-refractivity contribution >= 4 is 0 Å². The third-order valence-corrected chi connectivity index (χ3v) is 4.83. The second-order valence-corrected chi connectivity index (χ2v) is 8.98. The lowest BCUT2D eigenvalue weighted by molar-refractivity contribution is -0.0654. The Kier molecular flexibility index (Phi) is 7.91. The minimum Gasteiger partial charge on any atom is -0.465 e. The summed E-state index contributed by atoms with van der Waals surface area (Å²) < 4.78 is 11.7. The van der Waals surface area contributed by atoms with Crippen LogP contribution in [0.3, 0.4) is 0 Å². The SMILES string of the molecule is CC(OCCc1ccccc1)Oc1ccc(C(CC(C)(C)C)C(C)C)cc1. The summed E-state index contributed by atoms with van der Waals surface area (Å²) >= 11 is 0. The minimum absolute atomic E-state index is 0.255. The molecule has 0 aliphatic heterocycles. The van der Waals surface area contributed by atoms with E-state index in [1.165, 1.54) is 17.5 Å². The van der Waals surface area contributed by atoms with Crippen molar-refractivity contribution < 1.29 is 9.47 Å². The van der Waals surface area contributed by atoms with Gasteiger partial charge in [0.25, 0.3) is 0 Å². The Morgan fingerprint density at radius 3 is 2.04 bits per heavy atom. The molecule has 0 bridgehead atoms. The highest BCUT2D eigenvalue weighted by molar-refractivity contribution is 5.30. The Bertz CT molecular complexity index is 653. The van der Waals surface area contributed by atoms with E-state index in [0.717, 1.165) is 12.2 Å². The van der Waals surface area contributed by atoms with Crippen molar-refractivity contribution in [3.05, 3.63) is 65.7 Å². The summed E-state index contributed by atoms with van der Waals surface area (Å²) in [5.41, 5.74) is 3.00. The molecule has 148 valence electrons. The second kappa shape index (κ2) is 9.94. The molecule has 0 amide bonds. The number of ether oxygens (including phenoxy) is 2. The number of rotatable bonds is 9. The molecular formula is C25H36O2. The van der Waals surface area contributed by atoms with Gasteiger partial charge in [0.2, 0.25) is 0 Å². The van der Waals surface area contributed by atoms with E-state index in [1.807, 2.05) is 13.0 Å². The first kappa shape index (κ1) is 21.5. The van der Waals surface area contributed by atoms with E-state index in [1.54, 1.807) is 0 Å². The highest BCUT2D eigenvalue weighted by Crippen LogP contribution is 2.36. The normalized spacial score (nSPS) is 14.2. The number of hydrogen-bond acceptors (Lipinski definition) is 2. The van der Waals surface area contributed by atoms with E-state index in [9.17, 15) is 0 Å². The number of benzene rings is 2. The molecule has 2 heteroatoms. The standard InChI is InChI=1S/C25H36O2/c1-19(2)24(18-25(4,5)6)22-12-14-23(15-13-22)27-20(3)26-17-16-21-10-8-7-9-11-21/h7-15,19-20,24H,16-18H2,1-6H3. The molecule has 0 aromatic heterocycles. The Hall–Kier alpha value is -1.80. The van der Waals surface area contributed by atoms with Crippen molar-refractivity contribution in [2.75, 3.05) is 6.61 Å². The van der Waals surface area contributed by atoms with Crippen molar-refractivity contribution in [1.82, 2.24) is 0 Å². The van der Waals surface area contributed by atoms with Crippen LogP contribution in [-0.2, 0) is 11.2 Å². The summed E-state index contributed by atoms with van der Waals surface area (Å²) in [7, 11) is 0. The zero-order valence-corrected chi connectivity index (χ0v) is 17.9. The molecule has 2 rings (SSSR count). The summed E-state index contributed by atoms with van der Waals surface area (Å²) in [6.07, 6.45) is 1.83. The molecule has 2 atom stereocenters. The van der Waals surface area contributed by atoms with Gasteiger partial charge in [-0.2, -0.15) is 0 Å². The maximum absolute atomic E-state index is 5.93. The molecule has 0 N–H and O–H groups in total. The van der Waals surface area contributed by atoms with Crippen LogP contribution in [0, 0.1) is 11.3 Å². The second-order valence-electron chi connectivity index (χ2n) is 8.98. The molecule has 0 fully saturated rings. The van der Waals surface area contributed by atoms with Crippen LogP contribution in [-0.4, -0.2) is 12.9 Å². The summed E-state index contributed by atoms with van der Waals surface area (Å²) in [5, 5.41) is 0.